The third-order valence-electron chi connectivity index (χ3n) is 5.54. The van der Waals surface area contributed by atoms with Crippen LogP contribution in [0.1, 0.15) is 44.1 Å². The first-order chi connectivity index (χ1) is 12.2. The zero-order valence-electron chi connectivity index (χ0n) is 15.0. The average Bonchev–Trinajstić information content (AvgIpc) is 3.05. The van der Waals surface area contributed by atoms with E-state index < -0.39 is 0 Å². The molecule has 2 aliphatic rings. The predicted octanol–water partition coefficient (Wildman–Crippen LogP) is 2.50. The van der Waals surface area contributed by atoms with Gasteiger partial charge in [0.2, 0.25) is 0 Å². The van der Waals surface area contributed by atoms with Crippen molar-refractivity contribution in [3.63, 3.8) is 0 Å². The Bertz CT molecular complexity index is 537. The van der Waals surface area contributed by atoms with Crippen LogP contribution in [-0.2, 0) is 6.54 Å². The summed E-state index contributed by atoms with van der Waals surface area (Å²) in [7, 11) is 0. The number of carbonyl (C=O) groups is 1. The summed E-state index contributed by atoms with van der Waals surface area (Å²) >= 11 is 0. The lowest BCUT2D eigenvalue weighted by Gasteiger charge is -2.36. The quantitative estimate of drug-likeness (QED) is 0.742. The van der Waals surface area contributed by atoms with Gasteiger partial charge in [0, 0.05) is 25.7 Å². The van der Waals surface area contributed by atoms with Crippen LogP contribution in [0.3, 0.4) is 0 Å². The van der Waals surface area contributed by atoms with Crippen LogP contribution in [0.5, 0.6) is 0 Å². The van der Waals surface area contributed by atoms with Crippen molar-refractivity contribution in [1.82, 2.24) is 15.5 Å². The molecule has 3 atom stereocenters. The van der Waals surface area contributed by atoms with Gasteiger partial charge in [-0.2, -0.15) is 0 Å². The Balaban J connectivity index is 1.41. The zero-order chi connectivity index (χ0) is 17.5. The lowest BCUT2D eigenvalue weighted by atomic mass is 10.0. The normalized spacial score (nSPS) is 27.2. The topological polar surface area (TPSA) is 64.6 Å². The van der Waals surface area contributed by atoms with Gasteiger partial charge in [0.05, 0.1) is 6.10 Å². The summed E-state index contributed by atoms with van der Waals surface area (Å²) in [6.45, 7) is 3.42. The molecule has 0 spiro atoms. The molecular weight excluding hydrogens is 314 g/mol. The molecule has 0 bridgehead atoms. The van der Waals surface area contributed by atoms with E-state index >= 15 is 0 Å². The number of aliphatic hydroxyl groups is 1. The number of likely N-dealkylation sites (tertiary alicyclic amines) is 1. The maximum Gasteiger partial charge on any atom is 0.314 e. The van der Waals surface area contributed by atoms with Crippen LogP contribution >= 0.6 is 0 Å². The fraction of sp³-hybridized carbons (Fsp3) is 0.650. The van der Waals surface area contributed by atoms with Crippen molar-refractivity contribution in [2.75, 3.05) is 19.6 Å². The zero-order valence-corrected chi connectivity index (χ0v) is 15.0. The van der Waals surface area contributed by atoms with Gasteiger partial charge in [0.15, 0.2) is 0 Å². The van der Waals surface area contributed by atoms with Crippen molar-refractivity contribution < 1.29 is 9.90 Å². The second-order valence-electron chi connectivity index (χ2n) is 7.53. The summed E-state index contributed by atoms with van der Waals surface area (Å²) in [6.07, 6.45) is 6.12. The van der Waals surface area contributed by atoms with E-state index in [2.05, 4.69) is 39.8 Å². The van der Waals surface area contributed by atoms with Gasteiger partial charge in [0.25, 0.3) is 0 Å². The predicted molar refractivity (Wildman–Crippen MR) is 99.2 cm³/mol. The molecule has 3 rings (SSSR count). The molecule has 1 aromatic carbocycles. The van der Waals surface area contributed by atoms with Crippen molar-refractivity contribution in [3.05, 3.63) is 35.9 Å². The van der Waals surface area contributed by atoms with Gasteiger partial charge in [-0.1, -0.05) is 36.8 Å². The highest BCUT2D eigenvalue weighted by Gasteiger charge is 2.24. The number of hydrogen-bond acceptors (Lipinski definition) is 3. The maximum atomic E-state index is 12.1. The number of benzene rings is 1. The molecule has 1 aromatic rings. The van der Waals surface area contributed by atoms with Gasteiger partial charge in [-0.3, -0.25) is 4.90 Å². The van der Waals surface area contributed by atoms with Crippen LogP contribution in [0.2, 0.25) is 0 Å². The van der Waals surface area contributed by atoms with Crippen molar-refractivity contribution in [2.24, 2.45) is 5.92 Å². The summed E-state index contributed by atoms with van der Waals surface area (Å²) in [4.78, 5) is 14.6. The highest BCUT2D eigenvalue weighted by atomic mass is 16.3. The molecule has 0 radical (unpaired) electrons. The van der Waals surface area contributed by atoms with Gasteiger partial charge in [-0.15, -0.1) is 0 Å². The molecule has 25 heavy (non-hydrogen) atoms. The minimum absolute atomic E-state index is 0.0772. The molecule has 1 saturated carbocycles. The Labute approximate surface area is 150 Å². The van der Waals surface area contributed by atoms with E-state index in [0.717, 1.165) is 38.8 Å². The first-order valence-corrected chi connectivity index (χ1v) is 9.68. The highest BCUT2D eigenvalue weighted by Crippen LogP contribution is 2.24. The van der Waals surface area contributed by atoms with E-state index in [1.807, 2.05) is 6.07 Å². The summed E-state index contributed by atoms with van der Waals surface area (Å²) < 4.78 is 0. The number of amides is 2. The summed E-state index contributed by atoms with van der Waals surface area (Å²) in [5, 5.41) is 15.6. The van der Waals surface area contributed by atoms with E-state index in [9.17, 15) is 9.90 Å². The Morgan fingerprint density at radius 3 is 2.64 bits per heavy atom. The molecule has 5 heteroatoms. The lowest BCUT2D eigenvalue weighted by molar-refractivity contribution is 0.138. The molecule has 3 N–H and O–H groups in total. The average molecular weight is 345 g/mol. The number of nitrogens with one attached hydrogen (secondary N) is 2. The Hall–Kier alpha value is -1.59. The lowest BCUT2D eigenvalue weighted by Crippen LogP contribution is -2.48. The Morgan fingerprint density at radius 1 is 1.08 bits per heavy atom. The van der Waals surface area contributed by atoms with Gasteiger partial charge in [-0.05, 0) is 50.1 Å². The number of nitrogens with zero attached hydrogens (tertiary/aromatic N) is 1. The van der Waals surface area contributed by atoms with Crippen LogP contribution in [-0.4, -0.2) is 47.8 Å². The van der Waals surface area contributed by atoms with Gasteiger partial charge in [-0.25, -0.2) is 4.79 Å². The number of carbonyl (C=O) groups excluding carboxylic acids is 1. The number of piperidine rings is 1. The van der Waals surface area contributed by atoms with Crippen LogP contribution in [0, 0.1) is 5.92 Å². The van der Waals surface area contributed by atoms with Gasteiger partial charge in [0.1, 0.15) is 0 Å². The number of rotatable bonds is 6. The molecular formula is C20H31N3O2. The summed E-state index contributed by atoms with van der Waals surface area (Å²) in [5.41, 5.74) is 1.33. The maximum absolute atomic E-state index is 12.1. The molecule has 1 saturated heterocycles. The van der Waals surface area contributed by atoms with Crippen LogP contribution in [0.25, 0.3) is 0 Å². The Kier molecular flexibility index (Phi) is 6.70. The molecule has 5 nitrogen and oxygen atoms in total. The van der Waals surface area contributed by atoms with Crippen molar-refractivity contribution >= 4 is 6.03 Å². The second kappa shape index (κ2) is 9.20. The number of aliphatic hydroxyl groups excluding tert-OH is 1. The standard InChI is InChI=1S/C20H31N3O2/c24-19-10-9-17(12-19)13-21-20(25)22-14-18-8-4-5-11-23(18)15-16-6-2-1-3-7-16/h1-3,6-7,17-19,24H,4-5,8-15H2,(H2,21,22,25)/t17-,18+,19+/m1/s1. The molecule has 0 unspecified atom stereocenters. The van der Waals surface area contributed by atoms with E-state index in [4.69, 9.17) is 0 Å². The van der Waals surface area contributed by atoms with Gasteiger partial charge < -0.3 is 15.7 Å². The van der Waals surface area contributed by atoms with Gasteiger partial charge >= 0.3 is 6.03 Å². The summed E-state index contributed by atoms with van der Waals surface area (Å²) in [5.74, 6) is 0.421. The minimum atomic E-state index is -0.177. The van der Waals surface area contributed by atoms with Crippen LogP contribution in [0.4, 0.5) is 4.79 Å². The summed E-state index contributed by atoms with van der Waals surface area (Å²) in [6, 6.07) is 10.9. The number of hydrogen-bond donors (Lipinski definition) is 3. The largest absolute Gasteiger partial charge is 0.393 e. The van der Waals surface area contributed by atoms with Crippen molar-refractivity contribution in [3.8, 4) is 0 Å². The smallest absolute Gasteiger partial charge is 0.314 e. The highest BCUT2D eigenvalue weighted by molar-refractivity contribution is 5.73. The fourth-order valence-corrected chi connectivity index (χ4v) is 4.06. The SMILES string of the molecule is O=C(NC[C@@H]1CC[C@H](O)C1)NC[C@@H]1CCCCN1Cc1ccccc1. The third-order valence-corrected chi connectivity index (χ3v) is 5.54. The molecule has 138 valence electrons. The van der Waals surface area contributed by atoms with Crippen LogP contribution in [0.15, 0.2) is 30.3 Å². The number of urea groups is 1. The first kappa shape index (κ1) is 18.2. The fourth-order valence-electron chi connectivity index (χ4n) is 4.06. The minimum Gasteiger partial charge on any atom is -0.393 e. The van der Waals surface area contributed by atoms with Crippen molar-refractivity contribution in [2.45, 2.75) is 57.2 Å². The van der Waals surface area contributed by atoms with Crippen molar-refractivity contribution in [1.29, 1.82) is 0 Å². The second-order valence-corrected chi connectivity index (χ2v) is 7.53. The van der Waals surface area contributed by atoms with E-state index in [1.165, 1.54) is 18.4 Å². The molecule has 1 aliphatic heterocycles. The molecule has 1 aliphatic carbocycles. The monoisotopic (exact) mass is 345 g/mol. The Morgan fingerprint density at radius 2 is 1.88 bits per heavy atom. The molecule has 2 amide bonds. The molecule has 1 heterocycles. The first-order valence-electron chi connectivity index (χ1n) is 9.68. The molecule has 2 fully saturated rings. The van der Waals surface area contributed by atoms with E-state index in [-0.39, 0.29) is 12.1 Å². The third kappa shape index (κ3) is 5.72. The van der Waals surface area contributed by atoms with Crippen LogP contribution < -0.4 is 10.6 Å². The van der Waals surface area contributed by atoms with E-state index in [1.54, 1.807) is 0 Å². The van der Waals surface area contributed by atoms with E-state index in [0.29, 0.717) is 25.0 Å². The molecule has 0 aromatic heterocycles.